The van der Waals surface area contributed by atoms with Gasteiger partial charge < -0.3 is 15.5 Å². The first-order valence-electron chi connectivity index (χ1n) is 6.88. The average molecular weight is 279 g/mol. The molecule has 0 spiro atoms. The lowest BCUT2D eigenvalue weighted by atomic mass is 9.84. The van der Waals surface area contributed by atoms with Crippen LogP contribution in [-0.4, -0.2) is 53.8 Å². The molecule has 1 unspecified atom stereocenters. The Morgan fingerprint density at radius 3 is 2.58 bits per heavy atom. The summed E-state index contributed by atoms with van der Waals surface area (Å²) in [6, 6.07) is 2.54. The quantitative estimate of drug-likeness (QED) is 0.647. The molecule has 104 valence electrons. The highest BCUT2D eigenvalue weighted by atomic mass is 32.2. The summed E-state index contributed by atoms with van der Waals surface area (Å²) < 4.78 is 0. The highest BCUT2D eigenvalue weighted by molar-refractivity contribution is 7.98. The first-order chi connectivity index (χ1) is 9.28. The van der Waals surface area contributed by atoms with E-state index >= 15 is 0 Å². The van der Waals surface area contributed by atoms with E-state index in [0.29, 0.717) is 6.04 Å². The third-order valence-corrected chi connectivity index (χ3v) is 4.68. The van der Waals surface area contributed by atoms with Gasteiger partial charge >= 0.3 is 0 Å². The molecule has 0 radical (unpaired) electrons. The topological polar surface area (TPSA) is 53.1 Å². The highest BCUT2D eigenvalue weighted by Gasteiger charge is 2.34. The molecule has 19 heavy (non-hydrogen) atoms. The van der Waals surface area contributed by atoms with Crippen molar-refractivity contribution in [3.63, 3.8) is 0 Å². The lowest BCUT2D eigenvalue weighted by Gasteiger charge is -2.45. The van der Waals surface area contributed by atoms with Crippen LogP contribution in [0.25, 0.3) is 0 Å². The van der Waals surface area contributed by atoms with Crippen molar-refractivity contribution in [3.8, 4) is 0 Å². The van der Waals surface area contributed by atoms with Gasteiger partial charge in [-0.3, -0.25) is 0 Å². The molecule has 2 N–H and O–H groups in total. The van der Waals surface area contributed by atoms with Gasteiger partial charge in [0.2, 0.25) is 0 Å². The van der Waals surface area contributed by atoms with Crippen LogP contribution in [0.15, 0.2) is 11.2 Å². The first-order valence-corrected chi connectivity index (χ1v) is 8.10. The van der Waals surface area contributed by atoms with Crippen molar-refractivity contribution in [1.29, 1.82) is 0 Å². The average Bonchev–Trinajstić information content (AvgIpc) is 2.48. The summed E-state index contributed by atoms with van der Waals surface area (Å²) in [5, 5.41) is 7.53. The Labute approximate surface area is 118 Å². The van der Waals surface area contributed by atoms with Gasteiger partial charge in [-0.05, 0) is 38.1 Å². The van der Waals surface area contributed by atoms with E-state index in [2.05, 4.69) is 25.5 Å². The Bertz CT molecular complexity index is 422. The van der Waals surface area contributed by atoms with Gasteiger partial charge in [-0.2, -0.15) is 0 Å². The van der Waals surface area contributed by atoms with Crippen LogP contribution in [0.2, 0.25) is 0 Å². The van der Waals surface area contributed by atoms with Crippen molar-refractivity contribution < 1.29 is 0 Å². The van der Waals surface area contributed by atoms with Crippen LogP contribution in [0.4, 0.5) is 11.6 Å². The van der Waals surface area contributed by atoms with Gasteiger partial charge in [0.05, 0.1) is 0 Å². The number of nitrogens with one attached hydrogen (secondary N) is 2. The summed E-state index contributed by atoms with van der Waals surface area (Å²) >= 11 is 1.58. The predicted molar refractivity (Wildman–Crippen MR) is 79.9 cm³/mol. The minimum atomic E-state index is 0.539. The van der Waals surface area contributed by atoms with E-state index in [1.54, 1.807) is 11.8 Å². The van der Waals surface area contributed by atoms with E-state index in [1.807, 2.05) is 19.4 Å². The molecule has 0 amide bonds. The molecule has 3 aliphatic rings. The van der Waals surface area contributed by atoms with Crippen LogP contribution < -0.4 is 10.6 Å². The molecule has 1 aromatic heterocycles. The largest absolute Gasteiger partial charge is 0.373 e. The van der Waals surface area contributed by atoms with Crippen LogP contribution in [0.3, 0.4) is 0 Å². The molecular weight excluding hydrogens is 258 g/mol. The predicted octanol–water partition coefficient (Wildman–Crippen LogP) is 1.75. The number of nitrogens with zero attached hydrogens (tertiary/aromatic N) is 3. The fraction of sp³-hybridized carbons (Fsp3) is 0.692. The van der Waals surface area contributed by atoms with Crippen LogP contribution >= 0.6 is 11.8 Å². The monoisotopic (exact) mass is 279 g/mol. The molecule has 3 fully saturated rings. The van der Waals surface area contributed by atoms with E-state index in [-0.39, 0.29) is 0 Å². The minimum Gasteiger partial charge on any atom is -0.373 e. The first kappa shape index (κ1) is 13.0. The normalized spacial score (nSPS) is 29.3. The number of fused-ring (bicyclic) bond motifs is 3. The second-order valence-electron chi connectivity index (χ2n) is 5.26. The molecule has 0 saturated carbocycles. The number of aromatic nitrogens is 2. The second-order valence-corrected chi connectivity index (χ2v) is 6.04. The summed E-state index contributed by atoms with van der Waals surface area (Å²) in [5.74, 6) is 2.63. The molecule has 0 aromatic carbocycles. The molecule has 4 rings (SSSR count). The van der Waals surface area contributed by atoms with Gasteiger partial charge in [0.25, 0.3) is 0 Å². The zero-order chi connectivity index (χ0) is 13.2. The van der Waals surface area contributed by atoms with Crippen molar-refractivity contribution in [1.82, 2.24) is 14.9 Å². The van der Waals surface area contributed by atoms with E-state index in [4.69, 9.17) is 0 Å². The maximum Gasteiger partial charge on any atom is 0.191 e. The van der Waals surface area contributed by atoms with Crippen molar-refractivity contribution in [2.24, 2.45) is 5.92 Å². The van der Waals surface area contributed by atoms with Gasteiger partial charge in [-0.25, -0.2) is 9.97 Å². The van der Waals surface area contributed by atoms with Gasteiger partial charge in [-0.1, -0.05) is 11.8 Å². The zero-order valence-electron chi connectivity index (χ0n) is 11.5. The Balaban J connectivity index is 1.75. The SMILES string of the molecule is CNc1cc(NC2CN3CCC2CC3)nc(SC)n1. The summed E-state index contributed by atoms with van der Waals surface area (Å²) in [6.07, 6.45) is 4.64. The lowest BCUT2D eigenvalue weighted by molar-refractivity contribution is 0.0973. The molecule has 3 aliphatic heterocycles. The lowest BCUT2D eigenvalue weighted by Crippen LogP contribution is -2.53. The van der Waals surface area contributed by atoms with E-state index < -0.39 is 0 Å². The summed E-state index contributed by atoms with van der Waals surface area (Å²) in [5.41, 5.74) is 0. The van der Waals surface area contributed by atoms with Gasteiger partial charge in [0.15, 0.2) is 5.16 Å². The molecule has 1 atom stereocenters. The van der Waals surface area contributed by atoms with Crippen LogP contribution in [-0.2, 0) is 0 Å². The summed E-state index contributed by atoms with van der Waals surface area (Å²) in [7, 11) is 1.89. The molecule has 6 heteroatoms. The second kappa shape index (κ2) is 5.54. The van der Waals surface area contributed by atoms with E-state index in [0.717, 1.165) is 29.3 Å². The van der Waals surface area contributed by atoms with Crippen molar-refractivity contribution in [3.05, 3.63) is 6.07 Å². The molecule has 1 aromatic rings. The van der Waals surface area contributed by atoms with Crippen LogP contribution in [0.1, 0.15) is 12.8 Å². The number of hydrogen-bond donors (Lipinski definition) is 2. The maximum absolute atomic E-state index is 4.56. The Kier molecular flexibility index (Phi) is 3.79. The number of piperidine rings is 3. The van der Waals surface area contributed by atoms with Crippen LogP contribution in [0.5, 0.6) is 0 Å². The van der Waals surface area contributed by atoms with Crippen molar-refractivity contribution >= 4 is 23.4 Å². The van der Waals surface area contributed by atoms with Gasteiger partial charge in [-0.15, -0.1) is 0 Å². The molecule has 5 nitrogen and oxygen atoms in total. The molecule has 2 bridgehead atoms. The molecule has 4 heterocycles. The third-order valence-electron chi connectivity index (χ3n) is 4.13. The maximum atomic E-state index is 4.56. The fourth-order valence-corrected chi connectivity index (χ4v) is 3.42. The van der Waals surface area contributed by atoms with Gasteiger partial charge in [0.1, 0.15) is 11.6 Å². The van der Waals surface area contributed by atoms with Crippen LogP contribution in [0, 0.1) is 5.92 Å². The van der Waals surface area contributed by atoms with E-state index in [1.165, 1.54) is 25.9 Å². The van der Waals surface area contributed by atoms with Crippen molar-refractivity contribution in [2.45, 2.75) is 24.0 Å². The number of anilines is 2. The number of hydrogen-bond acceptors (Lipinski definition) is 6. The van der Waals surface area contributed by atoms with Gasteiger partial charge in [0, 0.05) is 25.7 Å². The molecular formula is C13H21N5S. The summed E-state index contributed by atoms with van der Waals surface area (Å²) in [6.45, 7) is 3.69. The Hall–Kier alpha value is -1.01. The zero-order valence-corrected chi connectivity index (χ0v) is 12.3. The minimum absolute atomic E-state index is 0.539. The Morgan fingerprint density at radius 1 is 1.26 bits per heavy atom. The summed E-state index contributed by atoms with van der Waals surface area (Å²) in [4.78, 5) is 11.5. The standard InChI is InChI=1S/C13H21N5S/c1-14-11-7-12(17-13(16-11)19-2)15-10-8-18-5-3-9(10)4-6-18/h7,9-10H,3-6,8H2,1-2H3,(H2,14,15,16,17). The molecule has 3 saturated heterocycles. The highest BCUT2D eigenvalue weighted by Crippen LogP contribution is 2.30. The third kappa shape index (κ3) is 2.79. The number of thioether (sulfide) groups is 1. The van der Waals surface area contributed by atoms with Crippen molar-refractivity contribution in [2.75, 3.05) is 43.6 Å². The van der Waals surface area contributed by atoms with E-state index in [9.17, 15) is 0 Å². The fourth-order valence-electron chi connectivity index (χ4n) is 3.04. The number of rotatable bonds is 4. The Morgan fingerprint density at radius 2 is 2.00 bits per heavy atom. The smallest absolute Gasteiger partial charge is 0.191 e. The molecule has 0 aliphatic carbocycles.